The van der Waals surface area contributed by atoms with E-state index in [0.717, 1.165) is 41.7 Å². The fraction of sp³-hybridized carbons (Fsp3) is 0.400. The lowest BCUT2D eigenvalue weighted by atomic mass is 10.0. The summed E-state index contributed by atoms with van der Waals surface area (Å²) in [5.74, 6) is 0.878. The second kappa shape index (κ2) is 5.07. The van der Waals surface area contributed by atoms with Crippen LogP contribution in [0.2, 0.25) is 0 Å². The maximum absolute atomic E-state index is 12.2. The minimum atomic E-state index is -0.188. The van der Waals surface area contributed by atoms with Crippen LogP contribution in [0.25, 0.3) is 10.9 Å². The maximum atomic E-state index is 12.2. The fourth-order valence-electron chi connectivity index (χ4n) is 2.62. The summed E-state index contributed by atoms with van der Waals surface area (Å²) in [7, 11) is 1.85. The highest BCUT2D eigenvalue weighted by atomic mass is 16.2. The van der Waals surface area contributed by atoms with Crippen LogP contribution < -0.4 is 5.32 Å². The van der Waals surface area contributed by atoms with Gasteiger partial charge in [0.2, 0.25) is 5.91 Å². The van der Waals surface area contributed by atoms with Gasteiger partial charge in [-0.2, -0.15) is 0 Å². The summed E-state index contributed by atoms with van der Waals surface area (Å²) in [6.45, 7) is 2.87. The SMILES string of the molecule is Cc1ccc2ncnc(NC3CCCN(C)C3=O)c2c1. The van der Waals surface area contributed by atoms with Gasteiger partial charge >= 0.3 is 0 Å². The van der Waals surface area contributed by atoms with Crippen LogP contribution in [0, 0.1) is 6.92 Å². The van der Waals surface area contributed by atoms with Crippen molar-refractivity contribution in [2.45, 2.75) is 25.8 Å². The molecule has 1 fully saturated rings. The Kier molecular flexibility index (Phi) is 3.26. The van der Waals surface area contributed by atoms with E-state index >= 15 is 0 Å². The van der Waals surface area contributed by atoms with Gasteiger partial charge < -0.3 is 10.2 Å². The van der Waals surface area contributed by atoms with Gasteiger partial charge in [-0.3, -0.25) is 4.79 Å². The molecule has 1 atom stereocenters. The standard InChI is InChI=1S/C15H18N4O/c1-10-5-6-12-11(8-10)14(17-9-16-12)18-13-4-3-7-19(2)15(13)20/h5-6,8-9,13H,3-4,7H2,1-2H3,(H,16,17,18). The number of carbonyl (C=O) groups excluding carboxylic acids is 1. The third kappa shape index (κ3) is 2.31. The van der Waals surface area contributed by atoms with Crippen molar-refractivity contribution in [2.75, 3.05) is 18.9 Å². The topological polar surface area (TPSA) is 58.1 Å². The van der Waals surface area contributed by atoms with Crippen LogP contribution in [0.1, 0.15) is 18.4 Å². The number of rotatable bonds is 2. The van der Waals surface area contributed by atoms with Gasteiger partial charge in [0.25, 0.3) is 0 Å². The van der Waals surface area contributed by atoms with Crippen molar-refractivity contribution in [2.24, 2.45) is 0 Å². The molecule has 0 bridgehead atoms. The number of benzene rings is 1. The van der Waals surface area contributed by atoms with Crippen LogP contribution in [-0.2, 0) is 4.79 Å². The number of anilines is 1. The number of aryl methyl sites for hydroxylation is 1. The van der Waals surface area contributed by atoms with Gasteiger partial charge in [-0.05, 0) is 31.9 Å². The van der Waals surface area contributed by atoms with E-state index in [9.17, 15) is 4.79 Å². The van der Waals surface area contributed by atoms with Gasteiger partial charge in [0, 0.05) is 19.0 Å². The molecule has 1 aromatic heterocycles. The first kappa shape index (κ1) is 12.8. The molecule has 5 nitrogen and oxygen atoms in total. The Morgan fingerprint density at radius 2 is 2.20 bits per heavy atom. The van der Waals surface area contributed by atoms with Crippen LogP contribution in [-0.4, -0.2) is 40.4 Å². The second-order valence-electron chi connectivity index (χ2n) is 5.34. The van der Waals surface area contributed by atoms with Crippen molar-refractivity contribution in [3.63, 3.8) is 0 Å². The normalized spacial score (nSPS) is 19.4. The molecule has 2 heterocycles. The Labute approximate surface area is 118 Å². The minimum Gasteiger partial charge on any atom is -0.358 e. The number of aromatic nitrogens is 2. The number of hydrogen-bond acceptors (Lipinski definition) is 4. The maximum Gasteiger partial charge on any atom is 0.244 e. The summed E-state index contributed by atoms with van der Waals surface area (Å²) in [6, 6.07) is 5.87. The highest BCUT2D eigenvalue weighted by molar-refractivity contribution is 5.92. The average Bonchev–Trinajstić information content (AvgIpc) is 2.44. The molecule has 1 amide bonds. The monoisotopic (exact) mass is 270 g/mol. The zero-order valence-electron chi connectivity index (χ0n) is 11.8. The number of likely N-dealkylation sites (N-methyl/N-ethyl adjacent to an activating group) is 1. The molecule has 1 aromatic carbocycles. The number of piperidine rings is 1. The van der Waals surface area contributed by atoms with Gasteiger partial charge in [0.1, 0.15) is 18.2 Å². The number of carbonyl (C=O) groups is 1. The summed E-state index contributed by atoms with van der Waals surface area (Å²) in [6.07, 6.45) is 3.40. The van der Waals surface area contributed by atoms with E-state index in [-0.39, 0.29) is 11.9 Å². The summed E-state index contributed by atoms with van der Waals surface area (Å²) in [5, 5.41) is 4.26. The van der Waals surface area contributed by atoms with Crippen molar-refractivity contribution in [1.82, 2.24) is 14.9 Å². The second-order valence-corrected chi connectivity index (χ2v) is 5.34. The van der Waals surface area contributed by atoms with Gasteiger partial charge in [-0.15, -0.1) is 0 Å². The fourth-order valence-corrected chi connectivity index (χ4v) is 2.62. The van der Waals surface area contributed by atoms with Crippen molar-refractivity contribution in [3.05, 3.63) is 30.1 Å². The summed E-state index contributed by atoms with van der Waals surface area (Å²) in [5.41, 5.74) is 2.05. The quantitative estimate of drug-likeness (QED) is 0.906. The van der Waals surface area contributed by atoms with Gasteiger partial charge in [0.15, 0.2) is 0 Å². The zero-order valence-corrected chi connectivity index (χ0v) is 11.8. The lowest BCUT2D eigenvalue weighted by molar-refractivity contribution is -0.132. The minimum absolute atomic E-state index is 0.135. The van der Waals surface area contributed by atoms with E-state index in [1.165, 1.54) is 6.33 Å². The molecule has 0 aliphatic carbocycles. The van der Waals surface area contributed by atoms with Crippen molar-refractivity contribution >= 4 is 22.6 Å². The van der Waals surface area contributed by atoms with Crippen LogP contribution in [0.5, 0.6) is 0 Å². The first-order valence-electron chi connectivity index (χ1n) is 6.88. The van der Waals surface area contributed by atoms with Crippen LogP contribution in [0.3, 0.4) is 0 Å². The summed E-state index contributed by atoms with van der Waals surface area (Å²) >= 11 is 0. The molecule has 20 heavy (non-hydrogen) atoms. The Morgan fingerprint density at radius 3 is 3.05 bits per heavy atom. The van der Waals surface area contributed by atoms with E-state index in [4.69, 9.17) is 0 Å². The predicted molar refractivity (Wildman–Crippen MR) is 78.6 cm³/mol. The van der Waals surface area contributed by atoms with Crippen molar-refractivity contribution in [1.29, 1.82) is 0 Å². The van der Waals surface area contributed by atoms with E-state index in [1.807, 2.05) is 26.1 Å². The predicted octanol–water partition coefficient (Wildman–Crippen LogP) is 1.97. The highest BCUT2D eigenvalue weighted by Crippen LogP contribution is 2.23. The van der Waals surface area contributed by atoms with Gasteiger partial charge in [-0.25, -0.2) is 9.97 Å². The molecule has 3 rings (SSSR count). The van der Waals surface area contributed by atoms with Gasteiger partial charge in [-0.1, -0.05) is 11.6 Å². The molecule has 5 heteroatoms. The molecule has 1 aliphatic rings. The van der Waals surface area contributed by atoms with Crippen molar-refractivity contribution < 1.29 is 4.79 Å². The summed E-state index contributed by atoms with van der Waals surface area (Å²) in [4.78, 5) is 22.5. The van der Waals surface area contributed by atoms with Crippen LogP contribution >= 0.6 is 0 Å². The van der Waals surface area contributed by atoms with E-state index in [1.54, 1.807) is 4.90 Å². The number of nitrogens with one attached hydrogen (secondary N) is 1. The molecule has 1 aliphatic heterocycles. The smallest absolute Gasteiger partial charge is 0.244 e. The van der Waals surface area contributed by atoms with Crippen LogP contribution in [0.15, 0.2) is 24.5 Å². The van der Waals surface area contributed by atoms with E-state index in [0.29, 0.717) is 0 Å². The Bertz CT molecular complexity index is 655. The first-order chi connectivity index (χ1) is 9.65. The lowest BCUT2D eigenvalue weighted by Gasteiger charge is -2.30. The van der Waals surface area contributed by atoms with E-state index in [2.05, 4.69) is 21.4 Å². The number of hydrogen-bond donors (Lipinski definition) is 1. The third-order valence-corrected chi connectivity index (χ3v) is 3.76. The Balaban J connectivity index is 1.94. The van der Waals surface area contributed by atoms with Crippen molar-refractivity contribution in [3.8, 4) is 0 Å². The summed E-state index contributed by atoms with van der Waals surface area (Å²) < 4.78 is 0. The van der Waals surface area contributed by atoms with E-state index < -0.39 is 0 Å². The molecule has 1 N–H and O–H groups in total. The Morgan fingerprint density at radius 1 is 1.35 bits per heavy atom. The molecule has 0 saturated carbocycles. The highest BCUT2D eigenvalue weighted by Gasteiger charge is 2.26. The lowest BCUT2D eigenvalue weighted by Crippen LogP contribution is -2.45. The third-order valence-electron chi connectivity index (χ3n) is 3.76. The number of amides is 1. The molecule has 1 saturated heterocycles. The molecular formula is C15H18N4O. The number of fused-ring (bicyclic) bond motifs is 1. The molecule has 2 aromatic rings. The average molecular weight is 270 g/mol. The number of likely N-dealkylation sites (tertiary alicyclic amines) is 1. The number of nitrogens with zero attached hydrogens (tertiary/aromatic N) is 3. The molecule has 0 radical (unpaired) electrons. The molecule has 104 valence electrons. The molecule has 1 unspecified atom stereocenters. The first-order valence-corrected chi connectivity index (χ1v) is 6.88. The van der Waals surface area contributed by atoms with Gasteiger partial charge in [0.05, 0.1) is 5.52 Å². The zero-order chi connectivity index (χ0) is 14.1. The Hall–Kier alpha value is -2.17. The molecule has 0 spiro atoms. The molecular weight excluding hydrogens is 252 g/mol. The largest absolute Gasteiger partial charge is 0.358 e. The van der Waals surface area contributed by atoms with Crippen LogP contribution in [0.4, 0.5) is 5.82 Å².